The van der Waals surface area contributed by atoms with Crippen LogP contribution in [0, 0.1) is 11.3 Å². The molecule has 0 amide bonds. The summed E-state index contributed by atoms with van der Waals surface area (Å²) in [7, 11) is 0. The summed E-state index contributed by atoms with van der Waals surface area (Å²) in [6, 6.07) is 8.61. The number of alkyl halides is 3. The van der Waals surface area contributed by atoms with Gasteiger partial charge in [0, 0.05) is 5.56 Å². The Morgan fingerprint density at radius 1 is 1.18 bits per heavy atom. The summed E-state index contributed by atoms with van der Waals surface area (Å²) in [5.74, 6) is 0.194. The number of hydrogen-bond donors (Lipinski definition) is 0. The Balaban J connectivity index is 2.32. The van der Waals surface area contributed by atoms with E-state index in [-0.39, 0.29) is 27.6 Å². The predicted octanol–water partition coefficient (Wildman–Crippen LogP) is 4.84. The lowest BCUT2D eigenvalue weighted by atomic mass is 10.1. The summed E-state index contributed by atoms with van der Waals surface area (Å²) >= 11 is 5.77. The SMILES string of the molecule is N#Cc1ccc(Oc2ccc(C(F)(F)F)cc2Cl)cc1C=O. The summed E-state index contributed by atoms with van der Waals surface area (Å²) in [6.07, 6.45) is -4.01. The van der Waals surface area contributed by atoms with Crippen molar-refractivity contribution < 1.29 is 22.7 Å². The monoisotopic (exact) mass is 325 g/mol. The number of rotatable bonds is 3. The molecule has 0 atom stereocenters. The van der Waals surface area contributed by atoms with Crippen LogP contribution in [-0.4, -0.2) is 6.29 Å². The largest absolute Gasteiger partial charge is 0.456 e. The van der Waals surface area contributed by atoms with Gasteiger partial charge in [-0.2, -0.15) is 18.4 Å². The lowest BCUT2D eigenvalue weighted by Crippen LogP contribution is -2.04. The van der Waals surface area contributed by atoms with Gasteiger partial charge in [0.2, 0.25) is 0 Å². The first-order chi connectivity index (χ1) is 10.3. The minimum Gasteiger partial charge on any atom is -0.456 e. The fraction of sp³-hybridized carbons (Fsp3) is 0.0667. The third-order valence-corrected chi connectivity index (χ3v) is 3.05. The summed E-state index contributed by atoms with van der Waals surface area (Å²) in [5.41, 5.74) is -0.609. The summed E-state index contributed by atoms with van der Waals surface area (Å²) < 4.78 is 43.0. The van der Waals surface area contributed by atoms with Crippen molar-refractivity contribution >= 4 is 17.9 Å². The third kappa shape index (κ3) is 3.38. The molecule has 0 aliphatic rings. The first kappa shape index (κ1) is 15.9. The van der Waals surface area contributed by atoms with Gasteiger partial charge in [-0.15, -0.1) is 0 Å². The molecule has 0 unspecified atom stereocenters. The van der Waals surface area contributed by atoms with Gasteiger partial charge >= 0.3 is 6.18 Å². The van der Waals surface area contributed by atoms with Gasteiger partial charge in [-0.05, 0) is 36.4 Å². The molecule has 0 N–H and O–H groups in total. The smallest absolute Gasteiger partial charge is 0.416 e. The highest BCUT2D eigenvalue weighted by molar-refractivity contribution is 6.32. The lowest BCUT2D eigenvalue weighted by Gasteiger charge is -2.11. The maximum Gasteiger partial charge on any atom is 0.416 e. The van der Waals surface area contributed by atoms with Gasteiger partial charge in [0.25, 0.3) is 0 Å². The van der Waals surface area contributed by atoms with E-state index in [2.05, 4.69) is 0 Å². The highest BCUT2D eigenvalue weighted by Crippen LogP contribution is 2.36. The van der Waals surface area contributed by atoms with E-state index in [4.69, 9.17) is 21.6 Å². The highest BCUT2D eigenvalue weighted by atomic mass is 35.5. The van der Waals surface area contributed by atoms with Gasteiger partial charge in [0.15, 0.2) is 6.29 Å². The quantitative estimate of drug-likeness (QED) is 0.759. The molecule has 22 heavy (non-hydrogen) atoms. The van der Waals surface area contributed by atoms with E-state index in [9.17, 15) is 18.0 Å². The number of benzene rings is 2. The van der Waals surface area contributed by atoms with Crippen LogP contribution in [0.4, 0.5) is 13.2 Å². The first-order valence-electron chi connectivity index (χ1n) is 5.89. The zero-order valence-corrected chi connectivity index (χ0v) is 11.6. The molecule has 0 bridgehead atoms. The van der Waals surface area contributed by atoms with Crippen molar-refractivity contribution in [1.29, 1.82) is 5.26 Å². The lowest BCUT2D eigenvalue weighted by molar-refractivity contribution is -0.137. The minimum atomic E-state index is -4.50. The molecule has 112 valence electrons. The highest BCUT2D eigenvalue weighted by Gasteiger charge is 2.31. The molecule has 0 spiro atoms. The maximum atomic E-state index is 12.5. The zero-order chi connectivity index (χ0) is 16.3. The van der Waals surface area contributed by atoms with Gasteiger partial charge in [-0.25, -0.2) is 0 Å². The number of halogens is 4. The standard InChI is InChI=1S/C15H7ClF3NO2/c16-13-6-11(15(17,18)19)2-4-14(13)22-12-3-1-9(7-20)10(5-12)8-21/h1-6,8H. The van der Waals surface area contributed by atoms with E-state index in [1.807, 2.05) is 6.07 Å². The van der Waals surface area contributed by atoms with Crippen LogP contribution in [0.25, 0.3) is 0 Å². The first-order valence-corrected chi connectivity index (χ1v) is 6.27. The summed E-state index contributed by atoms with van der Waals surface area (Å²) in [5, 5.41) is 8.59. The molecule has 0 heterocycles. The van der Waals surface area contributed by atoms with E-state index in [0.717, 1.165) is 18.2 Å². The topological polar surface area (TPSA) is 50.1 Å². The van der Waals surface area contributed by atoms with E-state index in [1.54, 1.807) is 0 Å². The Hall–Kier alpha value is -2.52. The summed E-state index contributed by atoms with van der Waals surface area (Å²) in [6.45, 7) is 0. The van der Waals surface area contributed by atoms with E-state index in [0.29, 0.717) is 6.29 Å². The molecule has 2 aromatic carbocycles. The Labute approximate surface area is 128 Å². The number of aldehydes is 1. The second kappa shape index (κ2) is 6.08. The van der Waals surface area contributed by atoms with Crippen LogP contribution < -0.4 is 4.74 Å². The van der Waals surface area contributed by atoms with Crippen LogP contribution >= 0.6 is 11.6 Å². The molecule has 0 saturated carbocycles. The Morgan fingerprint density at radius 2 is 1.91 bits per heavy atom. The van der Waals surface area contributed by atoms with Gasteiger partial charge < -0.3 is 4.74 Å². The van der Waals surface area contributed by atoms with Gasteiger partial charge in [0.05, 0.1) is 22.2 Å². The predicted molar refractivity (Wildman–Crippen MR) is 73.1 cm³/mol. The molecule has 7 heteroatoms. The molecule has 0 saturated heterocycles. The molecule has 0 aromatic heterocycles. The molecule has 0 aliphatic heterocycles. The number of hydrogen-bond acceptors (Lipinski definition) is 3. The van der Waals surface area contributed by atoms with Crippen LogP contribution in [0.5, 0.6) is 11.5 Å². The average molecular weight is 326 g/mol. The molecule has 2 rings (SSSR count). The van der Waals surface area contributed by atoms with Crippen molar-refractivity contribution in [1.82, 2.24) is 0 Å². The molecule has 2 aromatic rings. The van der Waals surface area contributed by atoms with Crippen molar-refractivity contribution in [2.75, 3.05) is 0 Å². The third-order valence-electron chi connectivity index (χ3n) is 2.76. The second-order valence-electron chi connectivity index (χ2n) is 4.22. The number of carbonyl (C=O) groups excluding carboxylic acids is 1. The van der Waals surface area contributed by atoms with Gasteiger partial charge in [-0.3, -0.25) is 4.79 Å². The molecule has 0 fully saturated rings. The van der Waals surface area contributed by atoms with Gasteiger partial charge in [0.1, 0.15) is 11.5 Å². The molecule has 3 nitrogen and oxygen atoms in total. The Kier molecular flexibility index (Phi) is 4.38. The maximum absolute atomic E-state index is 12.5. The van der Waals surface area contributed by atoms with Crippen molar-refractivity contribution in [2.24, 2.45) is 0 Å². The Morgan fingerprint density at radius 3 is 2.45 bits per heavy atom. The second-order valence-corrected chi connectivity index (χ2v) is 4.63. The molecule has 0 aliphatic carbocycles. The molecule has 0 radical (unpaired) electrons. The van der Waals surface area contributed by atoms with E-state index < -0.39 is 11.7 Å². The fourth-order valence-corrected chi connectivity index (χ4v) is 1.91. The van der Waals surface area contributed by atoms with Crippen molar-refractivity contribution in [3.63, 3.8) is 0 Å². The minimum absolute atomic E-state index is 0.0104. The van der Waals surface area contributed by atoms with Crippen LogP contribution in [0.1, 0.15) is 21.5 Å². The van der Waals surface area contributed by atoms with Crippen LogP contribution in [-0.2, 0) is 6.18 Å². The molecular weight excluding hydrogens is 319 g/mol. The number of nitrogens with zero attached hydrogens (tertiary/aromatic N) is 1. The van der Waals surface area contributed by atoms with Crippen LogP contribution in [0.15, 0.2) is 36.4 Å². The number of ether oxygens (including phenoxy) is 1. The van der Waals surface area contributed by atoms with Crippen LogP contribution in [0.3, 0.4) is 0 Å². The van der Waals surface area contributed by atoms with Crippen LogP contribution in [0.2, 0.25) is 5.02 Å². The number of carbonyl (C=O) groups is 1. The normalized spacial score (nSPS) is 10.9. The van der Waals surface area contributed by atoms with Gasteiger partial charge in [-0.1, -0.05) is 11.6 Å². The Bertz CT molecular complexity index is 766. The van der Waals surface area contributed by atoms with Crippen molar-refractivity contribution in [3.8, 4) is 17.6 Å². The number of nitriles is 1. The van der Waals surface area contributed by atoms with E-state index >= 15 is 0 Å². The van der Waals surface area contributed by atoms with E-state index in [1.165, 1.54) is 18.2 Å². The summed E-state index contributed by atoms with van der Waals surface area (Å²) in [4.78, 5) is 10.9. The fourth-order valence-electron chi connectivity index (χ4n) is 1.69. The zero-order valence-electron chi connectivity index (χ0n) is 10.8. The molecular formula is C15H7ClF3NO2. The van der Waals surface area contributed by atoms with Crippen molar-refractivity contribution in [2.45, 2.75) is 6.18 Å². The average Bonchev–Trinajstić information content (AvgIpc) is 2.48. The van der Waals surface area contributed by atoms with Crippen molar-refractivity contribution in [3.05, 3.63) is 58.1 Å².